The Kier molecular flexibility index (Phi) is 5.06. The molecule has 1 fully saturated rings. The van der Waals surface area contributed by atoms with Crippen LogP contribution in [0, 0.1) is 0 Å². The zero-order chi connectivity index (χ0) is 20.1. The van der Waals surface area contributed by atoms with E-state index in [1.54, 1.807) is 36.4 Å². The summed E-state index contributed by atoms with van der Waals surface area (Å²) in [7, 11) is -7.26. The normalized spacial score (nSPS) is 20.5. The molecule has 0 N–H and O–H groups in total. The van der Waals surface area contributed by atoms with Crippen molar-refractivity contribution in [3.05, 3.63) is 52.5 Å². The number of fused-ring (bicyclic) bond motifs is 1. The van der Waals surface area contributed by atoms with Crippen LogP contribution in [0.15, 0.2) is 56.7 Å². The fraction of sp³-hybridized carbons (Fsp3) is 0.368. The van der Waals surface area contributed by atoms with Gasteiger partial charge >= 0.3 is 0 Å². The Labute approximate surface area is 174 Å². The summed E-state index contributed by atoms with van der Waals surface area (Å²) in [6, 6.07) is 11.0. The minimum atomic E-state index is -3.73. The van der Waals surface area contributed by atoms with E-state index in [1.807, 2.05) is 6.92 Å². The molecule has 0 unspecified atom stereocenters. The molecular formula is C19H21BrN2O4S2. The lowest BCUT2D eigenvalue weighted by atomic mass is 10.1. The van der Waals surface area contributed by atoms with Crippen LogP contribution in [0.3, 0.4) is 0 Å². The van der Waals surface area contributed by atoms with E-state index < -0.39 is 20.0 Å². The van der Waals surface area contributed by atoms with Crippen molar-refractivity contribution in [1.82, 2.24) is 4.31 Å². The molecular weight excluding hydrogens is 464 g/mol. The van der Waals surface area contributed by atoms with E-state index in [1.165, 1.54) is 14.7 Å². The van der Waals surface area contributed by atoms with E-state index in [-0.39, 0.29) is 15.8 Å². The third kappa shape index (κ3) is 3.28. The van der Waals surface area contributed by atoms with Crippen molar-refractivity contribution < 1.29 is 16.8 Å². The molecule has 2 aromatic rings. The van der Waals surface area contributed by atoms with E-state index >= 15 is 0 Å². The molecule has 0 saturated carbocycles. The van der Waals surface area contributed by atoms with Crippen LogP contribution in [0.25, 0.3) is 0 Å². The topological polar surface area (TPSA) is 74.8 Å². The SMILES string of the molecule is C[C@@H]1Cc2cc(S(=O)(=O)N3CCCC3)ccc2N1S(=O)(=O)c1ccc(Br)cc1. The quantitative estimate of drug-likeness (QED) is 0.666. The summed E-state index contributed by atoms with van der Waals surface area (Å²) >= 11 is 3.32. The Morgan fingerprint density at radius 3 is 2.14 bits per heavy atom. The average Bonchev–Trinajstić information content (AvgIpc) is 3.29. The lowest BCUT2D eigenvalue weighted by Crippen LogP contribution is -2.35. The molecule has 9 heteroatoms. The largest absolute Gasteiger partial charge is 0.264 e. The first-order chi connectivity index (χ1) is 13.2. The van der Waals surface area contributed by atoms with Crippen LogP contribution in [0.1, 0.15) is 25.3 Å². The zero-order valence-corrected chi connectivity index (χ0v) is 18.6. The number of rotatable bonds is 4. The van der Waals surface area contributed by atoms with Gasteiger partial charge in [-0.3, -0.25) is 4.31 Å². The van der Waals surface area contributed by atoms with Gasteiger partial charge in [-0.25, -0.2) is 16.8 Å². The summed E-state index contributed by atoms with van der Waals surface area (Å²) in [5.41, 5.74) is 1.30. The standard InChI is InChI=1S/C19H21BrN2O4S2/c1-14-12-15-13-18(27(23,24)21-10-2-3-11-21)8-9-19(15)22(14)28(25,26)17-6-4-16(20)5-7-17/h4-9,13-14H,2-3,10-12H2,1H3/t14-/m1/s1. The van der Waals surface area contributed by atoms with Gasteiger partial charge in [0.15, 0.2) is 0 Å². The second kappa shape index (κ2) is 7.12. The maximum atomic E-state index is 13.2. The molecule has 28 heavy (non-hydrogen) atoms. The number of hydrogen-bond acceptors (Lipinski definition) is 4. The van der Waals surface area contributed by atoms with Crippen molar-refractivity contribution in [2.45, 2.75) is 42.0 Å². The van der Waals surface area contributed by atoms with Gasteiger partial charge in [0.25, 0.3) is 10.0 Å². The lowest BCUT2D eigenvalue weighted by molar-refractivity contribution is 0.477. The van der Waals surface area contributed by atoms with Crippen LogP contribution in [0.4, 0.5) is 5.69 Å². The Balaban J connectivity index is 1.73. The van der Waals surface area contributed by atoms with Crippen molar-refractivity contribution in [3.8, 4) is 0 Å². The monoisotopic (exact) mass is 484 g/mol. The summed E-state index contributed by atoms with van der Waals surface area (Å²) < 4.78 is 55.8. The van der Waals surface area contributed by atoms with Gasteiger partial charge in [0.1, 0.15) is 0 Å². The second-order valence-electron chi connectivity index (χ2n) is 7.21. The average molecular weight is 485 g/mol. The van der Waals surface area contributed by atoms with Gasteiger partial charge in [-0.2, -0.15) is 4.31 Å². The molecule has 2 aliphatic heterocycles. The number of sulfonamides is 2. The minimum absolute atomic E-state index is 0.212. The highest BCUT2D eigenvalue weighted by Gasteiger charge is 2.37. The molecule has 0 spiro atoms. The summed E-state index contributed by atoms with van der Waals surface area (Å²) in [4.78, 5) is 0.451. The van der Waals surface area contributed by atoms with Gasteiger partial charge in [0.2, 0.25) is 10.0 Å². The molecule has 0 aromatic heterocycles. The smallest absolute Gasteiger partial charge is 0.263 e. The van der Waals surface area contributed by atoms with Crippen LogP contribution in [-0.2, 0) is 26.5 Å². The van der Waals surface area contributed by atoms with Crippen molar-refractivity contribution >= 4 is 41.7 Å². The number of anilines is 1. The predicted molar refractivity (Wildman–Crippen MR) is 111 cm³/mol. The van der Waals surface area contributed by atoms with E-state index in [9.17, 15) is 16.8 Å². The van der Waals surface area contributed by atoms with E-state index in [2.05, 4.69) is 15.9 Å². The number of nitrogens with zero attached hydrogens (tertiary/aromatic N) is 2. The maximum absolute atomic E-state index is 13.2. The van der Waals surface area contributed by atoms with Crippen molar-refractivity contribution in [2.75, 3.05) is 17.4 Å². The molecule has 4 rings (SSSR count). The van der Waals surface area contributed by atoms with Crippen LogP contribution in [-0.4, -0.2) is 40.3 Å². The van der Waals surface area contributed by atoms with E-state index in [0.29, 0.717) is 25.2 Å². The molecule has 2 aromatic carbocycles. The van der Waals surface area contributed by atoms with Crippen LogP contribution in [0.5, 0.6) is 0 Å². The first-order valence-electron chi connectivity index (χ1n) is 9.14. The van der Waals surface area contributed by atoms with Gasteiger partial charge in [-0.05, 0) is 74.2 Å². The third-order valence-corrected chi connectivity index (χ3v) is 9.64. The number of hydrogen-bond donors (Lipinski definition) is 0. The Morgan fingerprint density at radius 2 is 1.50 bits per heavy atom. The number of halogens is 1. The molecule has 1 saturated heterocycles. The Morgan fingerprint density at radius 1 is 0.893 bits per heavy atom. The highest BCUT2D eigenvalue weighted by molar-refractivity contribution is 9.10. The highest BCUT2D eigenvalue weighted by atomic mass is 79.9. The van der Waals surface area contributed by atoms with Crippen molar-refractivity contribution in [3.63, 3.8) is 0 Å². The fourth-order valence-electron chi connectivity index (χ4n) is 3.90. The molecule has 2 aliphatic rings. The molecule has 0 radical (unpaired) electrons. The van der Waals surface area contributed by atoms with Gasteiger partial charge < -0.3 is 0 Å². The highest BCUT2D eigenvalue weighted by Crippen LogP contribution is 2.38. The van der Waals surface area contributed by atoms with Gasteiger partial charge in [-0.1, -0.05) is 15.9 Å². The molecule has 0 bridgehead atoms. The first-order valence-corrected chi connectivity index (χ1v) is 12.8. The van der Waals surface area contributed by atoms with Gasteiger partial charge in [0.05, 0.1) is 15.5 Å². The van der Waals surface area contributed by atoms with Crippen molar-refractivity contribution in [2.24, 2.45) is 0 Å². The molecule has 6 nitrogen and oxygen atoms in total. The molecule has 2 heterocycles. The summed E-state index contributed by atoms with van der Waals surface area (Å²) in [6.45, 7) is 2.92. The maximum Gasteiger partial charge on any atom is 0.264 e. The third-order valence-electron chi connectivity index (χ3n) is 5.28. The first kappa shape index (κ1) is 19.9. The van der Waals surface area contributed by atoms with E-state index in [0.717, 1.165) is 22.9 Å². The van der Waals surface area contributed by atoms with Gasteiger partial charge in [0, 0.05) is 23.6 Å². The predicted octanol–water partition coefficient (Wildman–Crippen LogP) is 3.37. The molecule has 0 aliphatic carbocycles. The zero-order valence-electron chi connectivity index (χ0n) is 15.4. The molecule has 150 valence electrons. The van der Waals surface area contributed by atoms with Crippen LogP contribution >= 0.6 is 15.9 Å². The minimum Gasteiger partial charge on any atom is -0.263 e. The fourth-order valence-corrected chi connectivity index (χ4v) is 7.43. The molecule has 0 amide bonds. The van der Waals surface area contributed by atoms with Gasteiger partial charge in [-0.15, -0.1) is 0 Å². The molecule has 1 atom stereocenters. The lowest BCUT2D eigenvalue weighted by Gasteiger charge is -2.24. The van der Waals surface area contributed by atoms with Crippen LogP contribution < -0.4 is 4.31 Å². The second-order valence-corrected chi connectivity index (χ2v) is 11.9. The summed E-state index contributed by atoms with van der Waals surface area (Å²) in [5, 5.41) is 0. The number of benzene rings is 2. The Hall–Kier alpha value is -1.42. The summed E-state index contributed by atoms with van der Waals surface area (Å²) in [6.07, 6.45) is 2.23. The van der Waals surface area contributed by atoms with Crippen LogP contribution in [0.2, 0.25) is 0 Å². The summed E-state index contributed by atoms with van der Waals surface area (Å²) in [5.74, 6) is 0. The van der Waals surface area contributed by atoms with E-state index in [4.69, 9.17) is 0 Å². The Bertz CT molecular complexity index is 1110. The van der Waals surface area contributed by atoms with Crippen molar-refractivity contribution in [1.29, 1.82) is 0 Å².